The fourth-order valence-electron chi connectivity index (χ4n) is 2.87. The highest BCUT2D eigenvalue weighted by Crippen LogP contribution is 2.28. The minimum absolute atomic E-state index is 0.392. The summed E-state index contributed by atoms with van der Waals surface area (Å²) in [6.07, 6.45) is 6.79. The molecule has 0 spiro atoms. The predicted octanol–water partition coefficient (Wildman–Crippen LogP) is 1.30. The molecule has 1 fully saturated rings. The lowest BCUT2D eigenvalue weighted by atomic mass is 9.94. The number of nitriles is 1. The number of nitrogens with zero attached hydrogens (tertiary/aromatic N) is 5. The van der Waals surface area contributed by atoms with Gasteiger partial charge in [-0.3, -0.25) is 0 Å². The van der Waals surface area contributed by atoms with Crippen LogP contribution < -0.4 is 5.32 Å². The molecule has 2 N–H and O–H groups in total. The van der Waals surface area contributed by atoms with Gasteiger partial charge in [-0.1, -0.05) is 0 Å². The summed E-state index contributed by atoms with van der Waals surface area (Å²) in [5.41, 5.74) is 0.859. The second kappa shape index (κ2) is 6.00. The van der Waals surface area contributed by atoms with Crippen molar-refractivity contribution in [3.63, 3.8) is 0 Å². The van der Waals surface area contributed by atoms with Crippen LogP contribution in [0.5, 0.6) is 0 Å². The number of anilines is 1. The fourth-order valence-corrected chi connectivity index (χ4v) is 3.68. The Bertz CT molecular complexity index is 958. The minimum atomic E-state index is -1.08. The van der Waals surface area contributed by atoms with Crippen molar-refractivity contribution in [3.8, 4) is 17.5 Å². The third-order valence-electron chi connectivity index (χ3n) is 4.19. The SMILES string of the molecule is C[S+]([O-])N1CC(C#N)(Nc2ccnc(-c3ccnc4[nH]ccc34)n2)C1. The Labute approximate surface area is 147 Å². The Kier molecular flexibility index (Phi) is 3.80. The molecule has 0 radical (unpaired) electrons. The molecule has 1 aliphatic heterocycles. The first-order valence-corrected chi connectivity index (χ1v) is 9.15. The van der Waals surface area contributed by atoms with Crippen LogP contribution in [0, 0.1) is 11.3 Å². The van der Waals surface area contributed by atoms with Crippen molar-refractivity contribution in [2.45, 2.75) is 5.54 Å². The lowest BCUT2D eigenvalue weighted by molar-refractivity contribution is 0.228. The third-order valence-corrected chi connectivity index (χ3v) is 5.18. The summed E-state index contributed by atoms with van der Waals surface area (Å²) in [7, 11) is 0. The molecule has 4 rings (SSSR count). The number of H-pyrrole nitrogens is 1. The van der Waals surface area contributed by atoms with Gasteiger partial charge in [-0.2, -0.15) is 5.26 Å². The Morgan fingerprint density at radius 2 is 2.12 bits per heavy atom. The van der Waals surface area contributed by atoms with Crippen molar-refractivity contribution >= 4 is 28.2 Å². The zero-order chi connectivity index (χ0) is 17.4. The number of hydrogen-bond donors (Lipinski definition) is 2. The van der Waals surface area contributed by atoms with Crippen LogP contribution >= 0.6 is 0 Å². The number of nitrogens with one attached hydrogen (secondary N) is 2. The van der Waals surface area contributed by atoms with Crippen molar-refractivity contribution in [1.82, 2.24) is 24.2 Å². The van der Waals surface area contributed by atoms with E-state index in [4.69, 9.17) is 0 Å². The van der Waals surface area contributed by atoms with Crippen LogP contribution in [0.2, 0.25) is 0 Å². The molecule has 0 aromatic carbocycles. The molecule has 0 aliphatic carbocycles. The maximum Gasteiger partial charge on any atom is 0.162 e. The van der Waals surface area contributed by atoms with Gasteiger partial charge in [-0.05, 0) is 18.2 Å². The van der Waals surface area contributed by atoms with E-state index in [0.29, 0.717) is 24.7 Å². The Hall–Kier alpha value is -2.67. The Morgan fingerprint density at radius 1 is 1.32 bits per heavy atom. The highest BCUT2D eigenvalue weighted by Gasteiger charge is 2.48. The topological polar surface area (TPSA) is 117 Å². The van der Waals surface area contributed by atoms with Gasteiger partial charge in [0.25, 0.3) is 0 Å². The molecule has 1 atom stereocenters. The maximum absolute atomic E-state index is 11.5. The minimum Gasteiger partial charge on any atom is -0.598 e. The first kappa shape index (κ1) is 15.8. The molecule has 1 unspecified atom stereocenters. The van der Waals surface area contributed by atoms with E-state index in [1.807, 2.05) is 18.3 Å². The summed E-state index contributed by atoms with van der Waals surface area (Å²) in [5, 5.41) is 13.6. The molecule has 9 heteroatoms. The summed E-state index contributed by atoms with van der Waals surface area (Å²) in [6.45, 7) is 0.784. The van der Waals surface area contributed by atoms with Crippen LogP contribution in [0.3, 0.4) is 0 Å². The standard InChI is InChI=1S/C16H15N7OS/c1-25(24)23-9-16(8-17,10-23)22-13-4-7-20-15(21-13)12-3-6-19-14-11(12)2-5-18-14/h2-7H,9-10H2,1H3,(H,18,19)(H,20,21,22). The van der Waals surface area contributed by atoms with E-state index in [0.717, 1.165) is 16.6 Å². The van der Waals surface area contributed by atoms with Crippen LogP contribution in [0.1, 0.15) is 0 Å². The predicted molar refractivity (Wildman–Crippen MR) is 94.7 cm³/mol. The van der Waals surface area contributed by atoms with Gasteiger partial charge in [0.1, 0.15) is 17.7 Å². The summed E-state index contributed by atoms with van der Waals surface area (Å²) in [5.74, 6) is 1.12. The molecule has 8 nitrogen and oxygen atoms in total. The second-order valence-corrected chi connectivity index (χ2v) is 7.27. The number of fused-ring (bicyclic) bond motifs is 1. The molecule has 25 heavy (non-hydrogen) atoms. The molecule has 1 aliphatic rings. The first-order chi connectivity index (χ1) is 12.1. The highest BCUT2D eigenvalue weighted by molar-refractivity contribution is 7.88. The summed E-state index contributed by atoms with van der Waals surface area (Å²) in [6, 6.07) is 7.79. The molecule has 1 saturated heterocycles. The Morgan fingerprint density at radius 3 is 2.88 bits per heavy atom. The molecule has 126 valence electrons. The zero-order valence-electron chi connectivity index (χ0n) is 13.4. The van der Waals surface area contributed by atoms with Gasteiger partial charge in [0, 0.05) is 40.9 Å². The number of aromatic amines is 1. The molecule has 0 saturated carbocycles. The lowest BCUT2D eigenvalue weighted by Gasteiger charge is -2.43. The van der Waals surface area contributed by atoms with Crippen LogP contribution in [-0.4, -0.2) is 53.7 Å². The summed E-state index contributed by atoms with van der Waals surface area (Å²) < 4.78 is 13.2. The van der Waals surface area contributed by atoms with Gasteiger partial charge in [-0.15, -0.1) is 4.31 Å². The van der Waals surface area contributed by atoms with Gasteiger partial charge in [-0.25, -0.2) is 15.0 Å². The van der Waals surface area contributed by atoms with Crippen LogP contribution in [-0.2, 0) is 11.4 Å². The number of aromatic nitrogens is 4. The van der Waals surface area contributed by atoms with Gasteiger partial charge in [0.15, 0.2) is 11.4 Å². The second-order valence-electron chi connectivity index (χ2n) is 5.90. The van der Waals surface area contributed by atoms with Gasteiger partial charge in [0.2, 0.25) is 0 Å². The third kappa shape index (κ3) is 2.80. The molecule has 0 amide bonds. The zero-order valence-corrected chi connectivity index (χ0v) is 14.2. The average molecular weight is 353 g/mol. The van der Waals surface area contributed by atoms with Crippen molar-refractivity contribution in [2.24, 2.45) is 0 Å². The van der Waals surface area contributed by atoms with E-state index < -0.39 is 16.9 Å². The average Bonchev–Trinajstić information content (AvgIpc) is 3.06. The van der Waals surface area contributed by atoms with Crippen LogP contribution in [0.15, 0.2) is 36.8 Å². The van der Waals surface area contributed by atoms with Crippen LogP contribution in [0.4, 0.5) is 5.82 Å². The summed E-state index contributed by atoms with van der Waals surface area (Å²) in [4.78, 5) is 16.2. The molecular formula is C16H15N7OS. The molecular weight excluding hydrogens is 338 g/mol. The van der Waals surface area contributed by atoms with E-state index in [-0.39, 0.29) is 0 Å². The van der Waals surface area contributed by atoms with Crippen molar-refractivity contribution < 1.29 is 4.55 Å². The van der Waals surface area contributed by atoms with Crippen molar-refractivity contribution in [1.29, 1.82) is 5.26 Å². The van der Waals surface area contributed by atoms with Crippen molar-refractivity contribution in [3.05, 3.63) is 36.8 Å². The lowest BCUT2D eigenvalue weighted by Crippen LogP contribution is -2.66. The molecule has 4 heterocycles. The van der Waals surface area contributed by atoms with Gasteiger partial charge < -0.3 is 14.9 Å². The van der Waals surface area contributed by atoms with E-state index in [1.54, 1.807) is 29.0 Å². The van der Waals surface area contributed by atoms with E-state index >= 15 is 0 Å². The fraction of sp³-hybridized carbons (Fsp3) is 0.250. The maximum atomic E-state index is 11.5. The van der Waals surface area contributed by atoms with Gasteiger partial charge in [0.05, 0.1) is 19.2 Å². The molecule has 3 aromatic rings. The van der Waals surface area contributed by atoms with Crippen molar-refractivity contribution in [2.75, 3.05) is 24.7 Å². The molecule has 0 bridgehead atoms. The number of pyridine rings is 1. The van der Waals surface area contributed by atoms with E-state index in [9.17, 15) is 9.81 Å². The van der Waals surface area contributed by atoms with Crippen LogP contribution in [0.25, 0.3) is 22.4 Å². The quantitative estimate of drug-likeness (QED) is 0.679. The monoisotopic (exact) mass is 353 g/mol. The van der Waals surface area contributed by atoms with E-state index in [2.05, 4.69) is 31.3 Å². The number of rotatable bonds is 4. The number of hydrogen-bond acceptors (Lipinski definition) is 7. The van der Waals surface area contributed by atoms with Gasteiger partial charge >= 0.3 is 0 Å². The first-order valence-electron chi connectivity index (χ1n) is 7.64. The normalized spacial score (nSPS) is 17.6. The smallest absolute Gasteiger partial charge is 0.162 e. The summed E-state index contributed by atoms with van der Waals surface area (Å²) >= 11 is -1.08. The van der Waals surface area contributed by atoms with E-state index in [1.165, 1.54) is 0 Å². The largest absolute Gasteiger partial charge is 0.598 e. The Balaban J connectivity index is 1.63. The molecule has 3 aromatic heterocycles. The highest BCUT2D eigenvalue weighted by atomic mass is 32.2.